The van der Waals surface area contributed by atoms with Gasteiger partial charge in [0.1, 0.15) is 11.3 Å². The molecule has 0 aliphatic rings. The maximum absolute atomic E-state index is 11.9. The molecule has 0 aromatic heterocycles. The molecule has 0 saturated heterocycles. The van der Waals surface area contributed by atoms with E-state index in [2.05, 4.69) is 0 Å². The number of aromatic hydroxyl groups is 1. The number of rotatable bonds is 2. The van der Waals surface area contributed by atoms with Crippen LogP contribution in [0.15, 0.2) is 18.2 Å². The zero-order chi connectivity index (χ0) is 12.5. The minimum absolute atomic E-state index is 0.157. The largest absolute Gasteiger partial charge is 0.507 e. The summed E-state index contributed by atoms with van der Waals surface area (Å²) >= 11 is 0. The first kappa shape index (κ1) is 12.2. The van der Waals surface area contributed by atoms with E-state index in [4.69, 9.17) is 5.11 Å². The number of carboxylic acids is 1. The molecule has 0 saturated carbocycles. The van der Waals surface area contributed by atoms with E-state index in [0.29, 0.717) is 5.56 Å². The molecule has 0 atom stereocenters. The highest BCUT2D eigenvalue weighted by Gasteiger charge is 2.24. The van der Waals surface area contributed by atoms with Gasteiger partial charge in [0.15, 0.2) is 5.78 Å². The summed E-state index contributed by atoms with van der Waals surface area (Å²) in [7, 11) is 0. The number of aromatic carboxylic acids is 1. The fraction of sp³-hybridized carbons (Fsp3) is 0.333. The molecule has 0 aliphatic heterocycles. The lowest BCUT2D eigenvalue weighted by molar-refractivity contribution is 0.0693. The Morgan fingerprint density at radius 3 is 2.19 bits per heavy atom. The summed E-state index contributed by atoms with van der Waals surface area (Å²) < 4.78 is 0. The highest BCUT2D eigenvalue weighted by atomic mass is 16.4. The van der Waals surface area contributed by atoms with Crippen molar-refractivity contribution in [1.29, 1.82) is 0 Å². The van der Waals surface area contributed by atoms with Gasteiger partial charge in [0, 0.05) is 11.0 Å². The summed E-state index contributed by atoms with van der Waals surface area (Å²) in [4.78, 5) is 22.7. The molecule has 0 bridgehead atoms. The Balaban J connectivity index is 3.24. The van der Waals surface area contributed by atoms with Gasteiger partial charge in [0.05, 0.1) is 0 Å². The van der Waals surface area contributed by atoms with Gasteiger partial charge < -0.3 is 10.2 Å². The standard InChI is InChI=1S/C12H14O4/c1-12(2,3)10(14)7-4-5-9(13)8(6-7)11(15)16/h4-6,13H,1-3H3,(H,15,16). The van der Waals surface area contributed by atoms with Gasteiger partial charge >= 0.3 is 5.97 Å². The fourth-order valence-electron chi connectivity index (χ4n) is 1.28. The lowest BCUT2D eigenvalue weighted by Gasteiger charge is -2.16. The number of ketones is 1. The predicted molar refractivity (Wildman–Crippen MR) is 58.9 cm³/mol. The Morgan fingerprint density at radius 2 is 1.75 bits per heavy atom. The van der Waals surface area contributed by atoms with Crippen LogP contribution in [0.3, 0.4) is 0 Å². The van der Waals surface area contributed by atoms with Gasteiger partial charge in [-0.3, -0.25) is 4.79 Å². The number of carbonyl (C=O) groups excluding carboxylic acids is 1. The van der Waals surface area contributed by atoms with E-state index in [1.165, 1.54) is 18.2 Å². The lowest BCUT2D eigenvalue weighted by atomic mass is 9.86. The maximum Gasteiger partial charge on any atom is 0.339 e. The van der Waals surface area contributed by atoms with Crippen LogP contribution in [0, 0.1) is 5.41 Å². The maximum atomic E-state index is 11.9. The second-order valence-electron chi connectivity index (χ2n) is 4.62. The van der Waals surface area contributed by atoms with Gasteiger partial charge in [-0.25, -0.2) is 4.79 Å². The van der Waals surface area contributed by atoms with Crippen molar-refractivity contribution in [2.75, 3.05) is 0 Å². The first-order valence-electron chi connectivity index (χ1n) is 4.84. The quantitative estimate of drug-likeness (QED) is 0.753. The Kier molecular flexibility index (Phi) is 3.03. The van der Waals surface area contributed by atoms with Gasteiger partial charge in [-0.15, -0.1) is 0 Å². The lowest BCUT2D eigenvalue weighted by Crippen LogP contribution is -2.20. The SMILES string of the molecule is CC(C)(C)C(=O)c1ccc(O)c(C(=O)O)c1. The molecule has 0 heterocycles. The molecule has 0 amide bonds. The van der Waals surface area contributed by atoms with Gasteiger partial charge in [-0.05, 0) is 18.2 Å². The summed E-state index contributed by atoms with van der Waals surface area (Å²) in [5, 5.41) is 18.1. The third kappa shape index (κ3) is 2.39. The molecular formula is C12H14O4. The van der Waals surface area contributed by atoms with E-state index in [1.807, 2.05) is 0 Å². The first-order valence-corrected chi connectivity index (χ1v) is 4.84. The van der Waals surface area contributed by atoms with E-state index < -0.39 is 11.4 Å². The molecule has 1 aromatic carbocycles. The number of hydrogen-bond acceptors (Lipinski definition) is 3. The van der Waals surface area contributed by atoms with Crippen molar-refractivity contribution in [3.8, 4) is 5.75 Å². The van der Waals surface area contributed by atoms with E-state index in [9.17, 15) is 14.7 Å². The number of carboxylic acid groups (broad SMARTS) is 1. The number of Topliss-reactive ketones (excluding diaryl/α,β-unsaturated/α-hetero) is 1. The molecule has 0 radical (unpaired) electrons. The average molecular weight is 222 g/mol. The van der Waals surface area contributed by atoms with Crippen LogP contribution in [0.5, 0.6) is 5.75 Å². The molecule has 2 N–H and O–H groups in total. The molecule has 86 valence electrons. The number of benzene rings is 1. The predicted octanol–water partition coefficient (Wildman–Crippen LogP) is 2.32. The van der Waals surface area contributed by atoms with Crippen LogP contribution in [0.2, 0.25) is 0 Å². The number of phenols is 1. The summed E-state index contributed by atoms with van der Waals surface area (Å²) in [5.74, 6) is -1.74. The monoisotopic (exact) mass is 222 g/mol. The van der Waals surface area contributed by atoms with Crippen molar-refractivity contribution in [2.45, 2.75) is 20.8 Å². The zero-order valence-electron chi connectivity index (χ0n) is 9.44. The van der Waals surface area contributed by atoms with Crippen LogP contribution >= 0.6 is 0 Å². The van der Waals surface area contributed by atoms with Crippen molar-refractivity contribution in [1.82, 2.24) is 0 Å². The average Bonchev–Trinajstić information content (AvgIpc) is 2.15. The molecule has 4 nitrogen and oxygen atoms in total. The zero-order valence-corrected chi connectivity index (χ0v) is 9.44. The first-order chi connectivity index (χ1) is 7.23. The van der Waals surface area contributed by atoms with Crippen LogP contribution in [-0.4, -0.2) is 22.0 Å². The topological polar surface area (TPSA) is 74.6 Å². The highest BCUT2D eigenvalue weighted by molar-refractivity contribution is 6.02. The molecular weight excluding hydrogens is 208 g/mol. The van der Waals surface area contributed by atoms with Gasteiger partial charge in [0.2, 0.25) is 0 Å². The van der Waals surface area contributed by atoms with Gasteiger partial charge in [-0.1, -0.05) is 20.8 Å². The Labute approximate surface area is 93.5 Å². The normalized spacial score (nSPS) is 11.2. The fourth-order valence-corrected chi connectivity index (χ4v) is 1.28. The molecule has 1 aromatic rings. The van der Waals surface area contributed by atoms with E-state index in [-0.39, 0.29) is 17.1 Å². The Morgan fingerprint density at radius 1 is 1.19 bits per heavy atom. The number of hydrogen-bond donors (Lipinski definition) is 2. The molecule has 1 rings (SSSR count). The van der Waals surface area contributed by atoms with Crippen LogP contribution < -0.4 is 0 Å². The van der Waals surface area contributed by atoms with E-state index in [0.717, 1.165) is 0 Å². The minimum atomic E-state index is -1.25. The molecule has 0 spiro atoms. The van der Waals surface area contributed by atoms with Gasteiger partial charge in [-0.2, -0.15) is 0 Å². The van der Waals surface area contributed by atoms with E-state index >= 15 is 0 Å². The van der Waals surface area contributed by atoms with Crippen molar-refractivity contribution in [3.05, 3.63) is 29.3 Å². The van der Waals surface area contributed by atoms with Crippen molar-refractivity contribution in [2.24, 2.45) is 5.41 Å². The molecule has 0 aliphatic carbocycles. The second-order valence-corrected chi connectivity index (χ2v) is 4.62. The smallest absolute Gasteiger partial charge is 0.339 e. The van der Waals surface area contributed by atoms with E-state index in [1.54, 1.807) is 20.8 Å². The van der Waals surface area contributed by atoms with Crippen LogP contribution in [0.25, 0.3) is 0 Å². The second kappa shape index (κ2) is 3.96. The summed E-state index contributed by atoms with van der Waals surface area (Å²) in [6.07, 6.45) is 0. The molecule has 0 fully saturated rings. The number of carbonyl (C=O) groups is 2. The molecule has 4 heteroatoms. The third-order valence-electron chi connectivity index (χ3n) is 2.17. The third-order valence-corrected chi connectivity index (χ3v) is 2.17. The Bertz CT molecular complexity index is 441. The van der Waals surface area contributed by atoms with Crippen LogP contribution in [0.1, 0.15) is 41.5 Å². The molecule has 16 heavy (non-hydrogen) atoms. The molecule has 0 unspecified atom stereocenters. The van der Waals surface area contributed by atoms with Crippen LogP contribution in [0.4, 0.5) is 0 Å². The highest BCUT2D eigenvalue weighted by Crippen LogP contribution is 2.24. The van der Waals surface area contributed by atoms with Crippen molar-refractivity contribution in [3.63, 3.8) is 0 Å². The summed E-state index contributed by atoms with van der Waals surface area (Å²) in [6.45, 7) is 5.26. The minimum Gasteiger partial charge on any atom is -0.507 e. The van der Waals surface area contributed by atoms with Crippen LogP contribution in [-0.2, 0) is 0 Å². The summed E-state index contributed by atoms with van der Waals surface area (Å²) in [6, 6.07) is 3.85. The van der Waals surface area contributed by atoms with Crippen molar-refractivity contribution >= 4 is 11.8 Å². The van der Waals surface area contributed by atoms with Crippen molar-refractivity contribution < 1.29 is 19.8 Å². The summed E-state index contributed by atoms with van der Waals surface area (Å²) in [5.41, 5.74) is -0.537. The van der Waals surface area contributed by atoms with Gasteiger partial charge in [0.25, 0.3) is 0 Å². The Hall–Kier alpha value is -1.84.